The fourth-order valence-electron chi connectivity index (χ4n) is 3.10. The smallest absolute Gasteiger partial charge is 0.315 e. The molecule has 1 aromatic rings. The fraction of sp³-hybridized carbons (Fsp3) is 0.625. The molecule has 1 atom stereocenters. The predicted molar refractivity (Wildman–Crippen MR) is 75.8 cm³/mol. The molecule has 1 aliphatic carbocycles. The number of alkyl halides is 3. The molecule has 22 heavy (non-hydrogen) atoms. The van der Waals surface area contributed by atoms with Gasteiger partial charge >= 0.3 is 6.18 Å². The number of benzene rings is 1. The maximum Gasteiger partial charge on any atom is 0.416 e. The van der Waals surface area contributed by atoms with Crippen LogP contribution < -0.4 is 5.32 Å². The summed E-state index contributed by atoms with van der Waals surface area (Å²) in [7, 11) is 0. The maximum atomic E-state index is 13.2. The van der Waals surface area contributed by atoms with Gasteiger partial charge in [0.25, 0.3) is 0 Å². The van der Waals surface area contributed by atoms with Crippen molar-refractivity contribution in [2.24, 2.45) is 5.92 Å². The second-order valence-electron chi connectivity index (χ2n) is 6.32. The van der Waals surface area contributed by atoms with Gasteiger partial charge < -0.3 is 5.32 Å². The monoisotopic (exact) mass is 316 g/mol. The standard InChI is InChI=1S/C16H20F4N2/c17-13-4-3-12(15(7-13)16(18,19)20)10-22(9-11-1-2-11)14-5-6-21-8-14/h3-4,7,11,14,21H,1-2,5-6,8-10H2/t14-/m0/s1. The first kappa shape index (κ1) is 15.7. The van der Waals surface area contributed by atoms with Crippen LogP contribution in [0, 0.1) is 11.7 Å². The minimum absolute atomic E-state index is 0.168. The van der Waals surface area contributed by atoms with Crippen LogP contribution in [0.1, 0.15) is 30.4 Å². The maximum absolute atomic E-state index is 13.2. The van der Waals surface area contributed by atoms with Crippen LogP contribution in [0.25, 0.3) is 0 Å². The third-order valence-corrected chi connectivity index (χ3v) is 4.49. The highest BCUT2D eigenvalue weighted by molar-refractivity contribution is 5.30. The van der Waals surface area contributed by atoms with Crippen LogP contribution in [0.4, 0.5) is 17.6 Å². The van der Waals surface area contributed by atoms with Crippen LogP contribution in [0.2, 0.25) is 0 Å². The lowest BCUT2D eigenvalue weighted by atomic mass is 10.0. The number of hydrogen-bond donors (Lipinski definition) is 1. The van der Waals surface area contributed by atoms with E-state index in [1.165, 1.54) is 6.07 Å². The minimum atomic E-state index is -4.52. The van der Waals surface area contributed by atoms with Gasteiger partial charge in [0.2, 0.25) is 0 Å². The molecular formula is C16H20F4N2. The van der Waals surface area contributed by atoms with E-state index in [0.717, 1.165) is 45.0 Å². The molecule has 2 nitrogen and oxygen atoms in total. The van der Waals surface area contributed by atoms with Crippen LogP contribution in [-0.2, 0) is 12.7 Å². The molecule has 0 bridgehead atoms. The van der Waals surface area contributed by atoms with Crippen molar-refractivity contribution >= 4 is 0 Å². The van der Waals surface area contributed by atoms with Gasteiger partial charge in [0, 0.05) is 25.7 Å². The molecule has 2 fully saturated rings. The SMILES string of the molecule is Fc1ccc(CN(CC2CC2)[C@H]2CCNC2)c(C(F)(F)F)c1. The van der Waals surface area contributed by atoms with Crippen molar-refractivity contribution in [3.8, 4) is 0 Å². The van der Waals surface area contributed by atoms with E-state index in [1.54, 1.807) is 0 Å². The zero-order valence-corrected chi connectivity index (χ0v) is 12.3. The molecule has 1 saturated heterocycles. The lowest BCUT2D eigenvalue weighted by molar-refractivity contribution is -0.138. The summed E-state index contributed by atoms with van der Waals surface area (Å²) in [5.41, 5.74) is -0.680. The van der Waals surface area contributed by atoms with Crippen LogP contribution in [0.3, 0.4) is 0 Å². The van der Waals surface area contributed by atoms with Crippen LogP contribution in [-0.4, -0.2) is 30.6 Å². The topological polar surface area (TPSA) is 15.3 Å². The van der Waals surface area contributed by atoms with Crippen LogP contribution >= 0.6 is 0 Å². The second-order valence-corrected chi connectivity index (χ2v) is 6.32. The molecular weight excluding hydrogens is 296 g/mol. The molecule has 122 valence electrons. The minimum Gasteiger partial charge on any atom is -0.315 e. The summed E-state index contributed by atoms with van der Waals surface area (Å²) < 4.78 is 52.6. The van der Waals surface area contributed by atoms with Crippen LogP contribution in [0.15, 0.2) is 18.2 Å². The van der Waals surface area contributed by atoms with E-state index >= 15 is 0 Å². The summed E-state index contributed by atoms with van der Waals surface area (Å²) >= 11 is 0. The normalized spacial score (nSPS) is 22.5. The Bertz CT molecular complexity index is 519. The van der Waals surface area contributed by atoms with Gasteiger partial charge in [-0.3, -0.25) is 4.90 Å². The van der Waals surface area contributed by atoms with Gasteiger partial charge in [-0.05, 0) is 49.4 Å². The summed E-state index contributed by atoms with van der Waals surface area (Å²) in [6, 6.07) is 3.27. The molecule has 1 saturated carbocycles. The fourth-order valence-corrected chi connectivity index (χ4v) is 3.10. The third-order valence-electron chi connectivity index (χ3n) is 4.49. The van der Waals surface area contributed by atoms with E-state index in [-0.39, 0.29) is 18.2 Å². The summed E-state index contributed by atoms with van der Waals surface area (Å²) in [5.74, 6) is -0.234. The number of rotatable bonds is 5. The van der Waals surface area contributed by atoms with E-state index < -0.39 is 17.6 Å². The Kier molecular flexibility index (Phi) is 4.41. The van der Waals surface area contributed by atoms with Gasteiger partial charge in [-0.25, -0.2) is 4.39 Å². The van der Waals surface area contributed by atoms with E-state index in [0.29, 0.717) is 12.0 Å². The summed E-state index contributed by atoms with van der Waals surface area (Å²) in [6.45, 7) is 2.79. The number of nitrogens with one attached hydrogen (secondary N) is 1. The Balaban J connectivity index is 1.82. The molecule has 1 heterocycles. The second kappa shape index (κ2) is 6.16. The van der Waals surface area contributed by atoms with E-state index in [1.807, 2.05) is 0 Å². The first-order valence-corrected chi connectivity index (χ1v) is 7.74. The zero-order chi connectivity index (χ0) is 15.7. The van der Waals surface area contributed by atoms with Crippen molar-refractivity contribution < 1.29 is 17.6 Å². The quantitative estimate of drug-likeness (QED) is 0.838. The first-order valence-electron chi connectivity index (χ1n) is 7.74. The summed E-state index contributed by atoms with van der Waals surface area (Å²) in [5, 5.41) is 3.26. The largest absolute Gasteiger partial charge is 0.416 e. The lowest BCUT2D eigenvalue weighted by Crippen LogP contribution is -2.38. The molecule has 3 rings (SSSR count). The molecule has 0 spiro atoms. The average Bonchev–Trinajstić information content (AvgIpc) is 3.09. The van der Waals surface area contributed by atoms with Crippen molar-refractivity contribution in [3.63, 3.8) is 0 Å². The van der Waals surface area contributed by atoms with Crippen LogP contribution in [0.5, 0.6) is 0 Å². The van der Waals surface area contributed by atoms with Gasteiger partial charge in [-0.15, -0.1) is 0 Å². The molecule has 1 N–H and O–H groups in total. The number of nitrogens with zero attached hydrogens (tertiary/aromatic N) is 1. The third kappa shape index (κ3) is 3.79. The molecule has 0 unspecified atom stereocenters. The lowest BCUT2D eigenvalue weighted by Gasteiger charge is -2.29. The van der Waals surface area contributed by atoms with Gasteiger partial charge in [-0.2, -0.15) is 13.2 Å². The Morgan fingerprint density at radius 3 is 2.55 bits per heavy atom. The highest BCUT2D eigenvalue weighted by Crippen LogP contribution is 2.35. The van der Waals surface area contributed by atoms with E-state index in [2.05, 4.69) is 10.2 Å². The average molecular weight is 316 g/mol. The van der Waals surface area contributed by atoms with E-state index in [9.17, 15) is 17.6 Å². The Hall–Kier alpha value is -1.14. The first-order chi connectivity index (χ1) is 10.4. The summed E-state index contributed by atoms with van der Waals surface area (Å²) in [6.07, 6.45) is -1.25. The van der Waals surface area contributed by atoms with Gasteiger partial charge in [0.1, 0.15) is 5.82 Å². The summed E-state index contributed by atoms with van der Waals surface area (Å²) in [4.78, 5) is 2.14. The van der Waals surface area contributed by atoms with Gasteiger partial charge in [0.15, 0.2) is 0 Å². The molecule has 1 aromatic carbocycles. The van der Waals surface area contributed by atoms with Gasteiger partial charge in [0.05, 0.1) is 5.56 Å². The number of halogens is 4. The Labute approximate surface area is 127 Å². The predicted octanol–water partition coefficient (Wildman–Crippen LogP) is 3.42. The zero-order valence-electron chi connectivity index (χ0n) is 12.3. The Morgan fingerprint density at radius 2 is 1.95 bits per heavy atom. The highest BCUT2D eigenvalue weighted by Gasteiger charge is 2.36. The number of hydrogen-bond acceptors (Lipinski definition) is 2. The Morgan fingerprint density at radius 1 is 1.18 bits per heavy atom. The molecule has 6 heteroatoms. The molecule has 0 radical (unpaired) electrons. The van der Waals surface area contributed by atoms with Crippen molar-refractivity contribution in [2.75, 3.05) is 19.6 Å². The van der Waals surface area contributed by atoms with Crippen molar-refractivity contribution in [3.05, 3.63) is 35.1 Å². The molecule has 2 aliphatic rings. The highest BCUT2D eigenvalue weighted by atomic mass is 19.4. The van der Waals surface area contributed by atoms with Crippen molar-refractivity contribution in [1.29, 1.82) is 0 Å². The van der Waals surface area contributed by atoms with E-state index in [4.69, 9.17) is 0 Å². The molecule has 0 aromatic heterocycles. The van der Waals surface area contributed by atoms with Crippen molar-refractivity contribution in [2.45, 2.75) is 38.0 Å². The molecule has 1 aliphatic heterocycles. The molecule has 0 amide bonds. The van der Waals surface area contributed by atoms with Gasteiger partial charge in [-0.1, -0.05) is 6.07 Å². The van der Waals surface area contributed by atoms with Crippen molar-refractivity contribution in [1.82, 2.24) is 10.2 Å².